The van der Waals surface area contributed by atoms with Crippen LogP contribution in [0.3, 0.4) is 0 Å². The van der Waals surface area contributed by atoms with Crippen molar-refractivity contribution in [3.05, 3.63) is 53.5 Å². The predicted molar refractivity (Wildman–Crippen MR) is 106 cm³/mol. The molecule has 0 amide bonds. The van der Waals surface area contributed by atoms with E-state index in [0.29, 0.717) is 5.92 Å². The molecule has 0 aliphatic rings. The van der Waals surface area contributed by atoms with E-state index in [0.717, 1.165) is 0 Å². The SMILES string of the molecule is C=CC(C)C.CNC(CF)C(C)c1ccc(/C(C)=C/SC)cc1. The first-order chi connectivity index (χ1) is 10.9. The smallest absolute Gasteiger partial charge is 0.105 e. The van der Waals surface area contributed by atoms with E-state index >= 15 is 0 Å². The van der Waals surface area contributed by atoms with E-state index in [1.54, 1.807) is 18.8 Å². The van der Waals surface area contributed by atoms with Crippen molar-refractivity contribution < 1.29 is 4.39 Å². The molecule has 1 aromatic carbocycles. The number of benzene rings is 1. The largest absolute Gasteiger partial charge is 0.314 e. The summed E-state index contributed by atoms with van der Waals surface area (Å²) < 4.78 is 12.8. The summed E-state index contributed by atoms with van der Waals surface area (Å²) >= 11 is 1.71. The van der Waals surface area contributed by atoms with Crippen LogP contribution in [-0.2, 0) is 0 Å². The Balaban J connectivity index is 0.000000841. The number of likely N-dealkylation sites (N-methyl/N-ethyl adjacent to an activating group) is 1. The molecular formula is C20H32FNS. The van der Waals surface area contributed by atoms with Gasteiger partial charge in [-0.3, -0.25) is 0 Å². The monoisotopic (exact) mass is 337 g/mol. The highest BCUT2D eigenvalue weighted by Crippen LogP contribution is 2.23. The molecular weight excluding hydrogens is 305 g/mol. The average molecular weight is 338 g/mol. The summed E-state index contributed by atoms with van der Waals surface area (Å²) in [5.74, 6) is 0.828. The summed E-state index contributed by atoms with van der Waals surface area (Å²) in [4.78, 5) is 0. The van der Waals surface area contributed by atoms with Crippen molar-refractivity contribution in [3.8, 4) is 0 Å². The van der Waals surface area contributed by atoms with Crippen molar-refractivity contribution in [2.75, 3.05) is 20.0 Å². The fraction of sp³-hybridized carbons (Fsp3) is 0.500. The van der Waals surface area contributed by atoms with Crippen molar-refractivity contribution in [2.24, 2.45) is 5.92 Å². The van der Waals surface area contributed by atoms with Gasteiger partial charge in [0, 0.05) is 6.04 Å². The molecule has 1 rings (SSSR count). The molecule has 2 unspecified atom stereocenters. The minimum atomic E-state index is -0.342. The van der Waals surface area contributed by atoms with Crippen molar-refractivity contribution in [1.82, 2.24) is 5.32 Å². The Bertz CT molecular complexity index is 461. The van der Waals surface area contributed by atoms with E-state index in [2.05, 4.69) is 75.5 Å². The third-order valence-electron chi connectivity index (χ3n) is 3.80. The molecule has 0 fully saturated rings. The van der Waals surface area contributed by atoms with Crippen LogP contribution < -0.4 is 5.32 Å². The van der Waals surface area contributed by atoms with Crippen molar-refractivity contribution >= 4 is 17.3 Å². The molecule has 23 heavy (non-hydrogen) atoms. The van der Waals surface area contributed by atoms with E-state index in [9.17, 15) is 4.39 Å². The second kappa shape index (κ2) is 12.4. The average Bonchev–Trinajstić information content (AvgIpc) is 2.56. The standard InChI is InChI=1S/C15H22FNS.C5H10/c1-11(10-18-4)13-5-7-14(8-6-13)12(2)15(9-16)17-3;1-4-5(2)3/h5-8,10,12,15,17H,9H2,1-4H3;4-5H,1H2,2-3H3/b11-10+;. The summed E-state index contributed by atoms with van der Waals surface area (Å²) in [5.41, 5.74) is 3.66. The molecule has 130 valence electrons. The van der Waals surface area contributed by atoms with Crippen molar-refractivity contribution in [3.63, 3.8) is 0 Å². The molecule has 0 saturated heterocycles. The number of hydrogen-bond donors (Lipinski definition) is 1. The zero-order valence-corrected chi connectivity index (χ0v) is 16.2. The molecule has 0 spiro atoms. The quantitative estimate of drug-likeness (QED) is 0.622. The lowest BCUT2D eigenvalue weighted by molar-refractivity contribution is 0.357. The fourth-order valence-electron chi connectivity index (χ4n) is 1.99. The second-order valence-corrected chi connectivity index (χ2v) is 6.68. The van der Waals surface area contributed by atoms with Gasteiger partial charge in [-0.25, -0.2) is 4.39 Å². The Morgan fingerprint density at radius 3 is 2.13 bits per heavy atom. The normalized spacial score (nSPS) is 14.0. The zero-order chi connectivity index (χ0) is 17.8. The third kappa shape index (κ3) is 8.38. The number of alkyl halides is 1. The first kappa shape index (κ1) is 21.9. The van der Waals surface area contributed by atoms with E-state index in [4.69, 9.17) is 0 Å². The van der Waals surface area contributed by atoms with Gasteiger partial charge in [0.05, 0.1) is 0 Å². The summed E-state index contributed by atoms with van der Waals surface area (Å²) in [6.07, 6.45) is 3.97. The van der Waals surface area contributed by atoms with Crippen LogP contribution in [0, 0.1) is 5.92 Å². The highest BCUT2D eigenvalue weighted by atomic mass is 32.2. The molecule has 0 aliphatic heterocycles. The Morgan fingerprint density at radius 2 is 1.78 bits per heavy atom. The molecule has 0 bridgehead atoms. The van der Waals surface area contributed by atoms with Crippen LogP contribution >= 0.6 is 11.8 Å². The van der Waals surface area contributed by atoms with Crippen molar-refractivity contribution in [2.45, 2.75) is 39.7 Å². The maximum Gasteiger partial charge on any atom is 0.105 e. The first-order valence-corrected chi connectivity index (χ1v) is 9.35. The van der Waals surface area contributed by atoms with Gasteiger partial charge in [-0.1, -0.05) is 51.1 Å². The van der Waals surface area contributed by atoms with Gasteiger partial charge in [0.1, 0.15) is 6.67 Å². The third-order valence-corrected chi connectivity index (χ3v) is 4.39. The number of allylic oxidation sites excluding steroid dienone is 2. The fourth-order valence-corrected chi connectivity index (χ4v) is 2.48. The van der Waals surface area contributed by atoms with E-state index < -0.39 is 0 Å². The van der Waals surface area contributed by atoms with Gasteiger partial charge in [-0.2, -0.15) is 0 Å². The summed E-state index contributed by atoms with van der Waals surface area (Å²) in [6, 6.07) is 8.30. The Morgan fingerprint density at radius 1 is 1.26 bits per heavy atom. The second-order valence-electron chi connectivity index (χ2n) is 5.98. The topological polar surface area (TPSA) is 12.0 Å². The Labute approximate surface area is 146 Å². The molecule has 1 N–H and O–H groups in total. The molecule has 0 saturated carbocycles. The van der Waals surface area contributed by atoms with Gasteiger partial charge >= 0.3 is 0 Å². The Hall–Kier alpha value is -1.06. The molecule has 2 atom stereocenters. The van der Waals surface area contributed by atoms with Crippen LogP contribution in [0.5, 0.6) is 0 Å². The van der Waals surface area contributed by atoms with Crippen LogP contribution in [0.4, 0.5) is 4.39 Å². The predicted octanol–water partition coefficient (Wildman–Crippen LogP) is 5.90. The maximum atomic E-state index is 12.8. The van der Waals surface area contributed by atoms with Crippen molar-refractivity contribution in [1.29, 1.82) is 0 Å². The highest BCUT2D eigenvalue weighted by molar-refractivity contribution is 8.01. The number of hydrogen-bond acceptors (Lipinski definition) is 2. The van der Waals surface area contributed by atoms with Crippen LogP contribution in [0.1, 0.15) is 44.7 Å². The van der Waals surface area contributed by atoms with Gasteiger partial charge in [0.25, 0.3) is 0 Å². The van der Waals surface area contributed by atoms with Crippen LogP contribution in [0.25, 0.3) is 5.57 Å². The lowest BCUT2D eigenvalue weighted by Crippen LogP contribution is -2.32. The Kier molecular flexibility index (Phi) is 11.8. The number of rotatable bonds is 7. The van der Waals surface area contributed by atoms with Gasteiger partial charge in [0.15, 0.2) is 0 Å². The summed E-state index contributed by atoms with van der Waals surface area (Å²) in [5, 5.41) is 5.15. The summed E-state index contributed by atoms with van der Waals surface area (Å²) in [6.45, 7) is 11.6. The van der Waals surface area contributed by atoms with Crippen LogP contribution in [-0.4, -0.2) is 26.0 Å². The van der Waals surface area contributed by atoms with Gasteiger partial charge in [0.2, 0.25) is 0 Å². The molecule has 3 heteroatoms. The van der Waals surface area contributed by atoms with Gasteiger partial charge in [-0.15, -0.1) is 18.3 Å². The molecule has 0 heterocycles. The minimum Gasteiger partial charge on any atom is -0.314 e. The number of thioether (sulfide) groups is 1. The summed E-state index contributed by atoms with van der Waals surface area (Å²) in [7, 11) is 1.81. The first-order valence-electron chi connectivity index (χ1n) is 8.06. The van der Waals surface area contributed by atoms with Gasteiger partial charge < -0.3 is 5.32 Å². The van der Waals surface area contributed by atoms with Crippen LogP contribution in [0.2, 0.25) is 0 Å². The van der Waals surface area contributed by atoms with E-state index in [1.807, 2.05) is 6.08 Å². The maximum absolute atomic E-state index is 12.8. The lowest BCUT2D eigenvalue weighted by Gasteiger charge is -2.21. The molecule has 0 radical (unpaired) electrons. The molecule has 1 nitrogen and oxygen atoms in total. The van der Waals surface area contributed by atoms with Gasteiger partial charge in [-0.05, 0) is 54.2 Å². The number of nitrogens with one attached hydrogen (secondary N) is 1. The molecule has 0 aliphatic carbocycles. The molecule has 1 aromatic rings. The van der Waals surface area contributed by atoms with E-state index in [-0.39, 0.29) is 18.6 Å². The lowest BCUT2D eigenvalue weighted by atomic mass is 9.92. The number of halogens is 1. The van der Waals surface area contributed by atoms with Crippen LogP contribution in [0.15, 0.2) is 42.3 Å². The molecule has 0 aromatic heterocycles. The highest BCUT2D eigenvalue weighted by Gasteiger charge is 2.16. The van der Waals surface area contributed by atoms with E-state index in [1.165, 1.54) is 16.7 Å². The minimum absolute atomic E-state index is 0.112. The zero-order valence-electron chi connectivity index (χ0n) is 15.4.